The summed E-state index contributed by atoms with van der Waals surface area (Å²) in [5.41, 5.74) is 0.229. The highest BCUT2D eigenvalue weighted by molar-refractivity contribution is 4.88. The second-order valence-corrected chi connectivity index (χ2v) is 7.49. The average molecular weight is 268 g/mol. The molecular weight excluding hydrogens is 236 g/mol. The van der Waals surface area contributed by atoms with Crippen LogP contribution in [-0.4, -0.2) is 48.8 Å². The highest BCUT2D eigenvalue weighted by atomic mass is 16.5. The number of nitrogens with zero attached hydrogens (tertiary/aromatic N) is 1. The van der Waals surface area contributed by atoms with Crippen LogP contribution in [-0.2, 0) is 4.74 Å². The molecular formula is C16H32N2O. The Bertz CT molecular complexity index is 272. The van der Waals surface area contributed by atoms with Crippen molar-refractivity contribution in [1.82, 2.24) is 10.2 Å². The molecule has 3 heteroatoms. The maximum Gasteiger partial charge on any atom is 0.0730 e. The van der Waals surface area contributed by atoms with Crippen molar-refractivity contribution in [3.63, 3.8) is 0 Å². The number of rotatable bonds is 4. The summed E-state index contributed by atoms with van der Waals surface area (Å²) in [5, 5.41) is 3.63. The lowest BCUT2D eigenvalue weighted by atomic mass is 9.89. The van der Waals surface area contributed by atoms with Gasteiger partial charge in [-0.3, -0.25) is 4.90 Å². The van der Waals surface area contributed by atoms with E-state index in [9.17, 15) is 0 Å². The summed E-state index contributed by atoms with van der Waals surface area (Å²) in [5.74, 6) is 0.708. The first kappa shape index (κ1) is 15.3. The summed E-state index contributed by atoms with van der Waals surface area (Å²) in [6.07, 6.45) is 5.87. The Morgan fingerprint density at radius 2 is 2.00 bits per heavy atom. The van der Waals surface area contributed by atoms with Crippen molar-refractivity contribution in [3.8, 4) is 0 Å². The van der Waals surface area contributed by atoms with Crippen LogP contribution in [0.2, 0.25) is 0 Å². The number of morpholine rings is 1. The molecule has 2 fully saturated rings. The standard InChI is InChI=1S/C16H32N2O/c1-13(11-17-16(2,3)4)12-18-9-10-19-15-8-6-5-7-14(15)18/h13-15,17H,5-12H2,1-4H3. The van der Waals surface area contributed by atoms with Crippen LogP contribution in [0.25, 0.3) is 0 Å². The number of fused-ring (bicyclic) bond motifs is 1. The minimum absolute atomic E-state index is 0.229. The highest BCUT2D eigenvalue weighted by Crippen LogP contribution is 2.28. The topological polar surface area (TPSA) is 24.5 Å². The van der Waals surface area contributed by atoms with Gasteiger partial charge in [0, 0.05) is 24.7 Å². The Hall–Kier alpha value is -0.120. The van der Waals surface area contributed by atoms with Crippen molar-refractivity contribution in [2.24, 2.45) is 5.92 Å². The Labute approximate surface area is 119 Å². The average Bonchev–Trinajstić information content (AvgIpc) is 2.36. The third-order valence-corrected chi connectivity index (χ3v) is 4.37. The van der Waals surface area contributed by atoms with Gasteiger partial charge in [-0.05, 0) is 46.1 Å². The molecule has 1 aliphatic heterocycles. The van der Waals surface area contributed by atoms with Gasteiger partial charge >= 0.3 is 0 Å². The van der Waals surface area contributed by atoms with E-state index in [-0.39, 0.29) is 5.54 Å². The Kier molecular flexibility index (Phi) is 5.27. The quantitative estimate of drug-likeness (QED) is 0.848. The number of ether oxygens (including phenoxy) is 1. The van der Waals surface area contributed by atoms with Gasteiger partial charge in [0.15, 0.2) is 0 Å². The van der Waals surface area contributed by atoms with Crippen molar-refractivity contribution in [3.05, 3.63) is 0 Å². The van der Waals surface area contributed by atoms with Crippen LogP contribution >= 0.6 is 0 Å². The van der Waals surface area contributed by atoms with E-state index in [2.05, 4.69) is 37.9 Å². The largest absolute Gasteiger partial charge is 0.375 e. The summed E-state index contributed by atoms with van der Waals surface area (Å²) in [7, 11) is 0. The van der Waals surface area contributed by atoms with Crippen LogP contribution in [0.15, 0.2) is 0 Å². The molecule has 0 aromatic carbocycles. The molecule has 1 heterocycles. The summed E-state index contributed by atoms with van der Waals surface area (Å²) in [4.78, 5) is 2.70. The normalized spacial score (nSPS) is 30.9. The van der Waals surface area contributed by atoms with Crippen molar-refractivity contribution in [1.29, 1.82) is 0 Å². The van der Waals surface area contributed by atoms with Crippen LogP contribution in [0.4, 0.5) is 0 Å². The third-order valence-electron chi connectivity index (χ3n) is 4.37. The summed E-state index contributed by atoms with van der Waals surface area (Å²) in [6.45, 7) is 13.5. The maximum absolute atomic E-state index is 5.95. The fourth-order valence-corrected chi connectivity index (χ4v) is 3.35. The van der Waals surface area contributed by atoms with E-state index in [1.54, 1.807) is 0 Å². The first-order valence-electron chi connectivity index (χ1n) is 8.06. The van der Waals surface area contributed by atoms with Gasteiger partial charge in [-0.25, -0.2) is 0 Å². The fraction of sp³-hybridized carbons (Fsp3) is 1.00. The summed E-state index contributed by atoms with van der Waals surface area (Å²) in [6, 6.07) is 0.694. The predicted octanol–water partition coefficient (Wildman–Crippen LogP) is 2.65. The molecule has 19 heavy (non-hydrogen) atoms. The molecule has 3 atom stereocenters. The Morgan fingerprint density at radius 1 is 1.26 bits per heavy atom. The molecule has 0 bridgehead atoms. The summed E-state index contributed by atoms with van der Waals surface area (Å²) >= 11 is 0. The lowest BCUT2D eigenvalue weighted by Gasteiger charge is -2.44. The second-order valence-electron chi connectivity index (χ2n) is 7.49. The van der Waals surface area contributed by atoms with E-state index < -0.39 is 0 Å². The molecule has 0 aromatic rings. The molecule has 0 aromatic heterocycles. The number of hydrogen-bond acceptors (Lipinski definition) is 3. The molecule has 2 aliphatic rings. The first-order chi connectivity index (χ1) is 8.96. The first-order valence-corrected chi connectivity index (χ1v) is 8.06. The van der Waals surface area contributed by atoms with Crippen LogP contribution in [0.3, 0.4) is 0 Å². The zero-order valence-corrected chi connectivity index (χ0v) is 13.2. The Balaban J connectivity index is 1.80. The van der Waals surface area contributed by atoms with Crippen LogP contribution in [0.5, 0.6) is 0 Å². The smallest absolute Gasteiger partial charge is 0.0730 e. The lowest BCUT2D eigenvalue weighted by molar-refractivity contribution is -0.0914. The van der Waals surface area contributed by atoms with Crippen LogP contribution in [0.1, 0.15) is 53.4 Å². The molecule has 0 radical (unpaired) electrons. The maximum atomic E-state index is 5.95. The second kappa shape index (κ2) is 6.55. The van der Waals surface area contributed by atoms with Gasteiger partial charge < -0.3 is 10.1 Å². The van der Waals surface area contributed by atoms with Crippen molar-refractivity contribution < 1.29 is 4.74 Å². The molecule has 1 aliphatic carbocycles. The van der Waals surface area contributed by atoms with Crippen LogP contribution in [0, 0.1) is 5.92 Å². The van der Waals surface area contributed by atoms with Gasteiger partial charge in [-0.15, -0.1) is 0 Å². The molecule has 0 amide bonds. The van der Waals surface area contributed by atoms with Gasteiger partial charge in [0.25, 0.3) is 0 Å². The third kappa shape index (κ3) is 4.73. The van der Waals surface area contributed by atoms with Crippen molar-refractivity contribution in [2.75, 3.05) is 26.2 Å². The monoisotopic (exact) mass is 268 g/mol. The van der Waals surface area contributed by atoms with Gasteiger partial charge in [0.05, 0.1) is 12.7 Å². The minimum Gasteiger partial charge on any atom is -0.375 e. The van der Waals surface area contributed by atoms with Gasteiger partial charge in [-0.1, -0.05) is 19.8 Å². The highest BCUT2D eigenvalue weighted by Gasteiger charge is 2.34. The zero-order valence-electron chi connectivity index (χ0n) is 13.2. The molecule has 1 saturated carbocycles. The van der Waals surface area contributed by atoms with E-state index >= 15 is 0 Å². The van der Waals surface area contributed by atoms with Gasteiger partial charge in [-0.2, -0.15) is 0 Å². The minimum atomic E-state index is 0.229. The number of nitrogens with one attached hydrogen (secondary N) is 1. The van der Waals surface area contributed by atoms with Crippen LogP contribution < -0.4 is 5.32 Å². The molecule has 2 rings (SSSR count). The van der Waals surface area contributed by atoms with E-state index in [1.165, 1.54) is 32.2 Å². The zero-order chi connectivity index (χ0) is 13.9. The fourth-order valence-electron chi connectivity index (χ4n) is 3.35. The van der Waals surface area contributed by atoms with E-state index in [0.717, 1.165) is 19.7 Å². The van der Waals surface area contributed by atoms with E-state index in [0.29, 0.717) is 18.1 Å². The van der Waals surface area contributed by atoms with Gasteiger partial charge in [0.2, 0.25) is 0 Å². The van der Waals surface area contributed by atoms with E-state index in [4.69, 9.17) is 4.74 Å². The van der Waals surface area contributed by atoms with Gasteiger partial charge in [0.1, 0.15) is 0 Å². The Morgan fingerprint density at radius 3 is 2.74 bits per heavy atom. The number of hydrogen-bond donors (Lipinski definition) is 1. The van der Waals surface area contributed by atoms with Crippen molar-refractivity contribution >= 4 is 0 Å². The lowest BCUT2D eigenvalue weighted by Crippen LogP contribution is -2.54. The predicted molar refractivity (Wildman–Crippen MR) is 80.5 cm³/mol. The molecule has 1 N–H and O–H groups in total. The molecule has 3 nitrogen and oxygen atoms in total. The summed E-state index contributed by atoms with van der Waals surface area (Å²) < 4.78 is 5.95. The van der Waals surface area contributed by atoms with E-state index in [1.807, 2.05) is 0 Å². The molecule has 112 valence electrons. The SMILES string of the molecule is CC(CNC(C)(C)C)CN1CCOC2CCCCC21. The molecule has 1 saturated heterocycles. The molecule has 0 spiro atoms. The molecule has 3 unspecified atom stereocenters. The van der Waals surface area contributed by atoms with Crippen molar-refractivity contribution in [2.45, 2.75) is 71.1 Å².